The number of thioether (sulfide) groups is 1. The minimum absolute atomic E-state index is 0.00807. The summed E-state index contributed by atoms with van der Waals surface area (Å²) in [4.78, 5) is 26.7. The summed E-state index contributed by atoms with van der Waals surface area (Å²) in [7, 11) is 1.83. The van der Waals surface area contributed by atoms with Gasteiger partial charge in [0.15, 0.2) is 0 Å². The summed E-state index contributed by atoms with van der Waals surface area (Å²) in [5.41, 5.74) is 0. The number of rotatable bonds is 9. The largest absolute Gasteiger partial charge is 0.481 e. The van der Waals surface area contributed by atoms with Crippen LogP contribution in [-0.2, 0) is 4.79 Å². The van der Waals surface area contributed by atoms with Gasteiger partial charge in [0.25, 0.3) is 0 Å². The molecule has 6 heteroatoms. The molecule has 0 aromatic rings. The number of carbonyl (C=O) groups is 2. The van der Waals surface area contributed by atoms with Crippen LogP contribution in [0.3, 0.4) is 0 Å². The van der Waals surface area contributed by atoms with E-state index in [1.54, 1.807) is 21.6 Å². The number of aliphatic carboxylic acids is 1. The van der Waals surface area contributed by atoms with Crippen LogP contribution >= 0.6 is 11.8 Å². The number of carboxylic acid groups (broad SMARTS) is 1. The lowest BCUT2D eigenvalue weighted by Crippen LogP contribution is -2.49. The van der Waals surface area contributed by atoms with Gasteiger partial charge >= 0.3 is 12.0 Å². The molecular weight excluding hydrogens is 276 g/mol. The minimum Gasteiger partial charge on any atom is -0.481 e. The van der Waals surface area contributed by atoms with E-state index in [0.717, 1.165) is 12.2 Å². The van der Waals surface area contributed by atoms with Gasteiger partial charge in [0.2, 0.25) is 0 Å². The van der Waals surface area contributed by atoms with Gasteiger partial charge in [-0.2, -0.15) is 11.8 Å². The maximum absolute atomic E-state index is 12.5. The highest BCUT2D eigenvalue weighted by Gasteiger charge is 2.24. The molecule has 0 aromatic heterocycles. The predicted octanol–water partition coefficient (Wildman–Crippen LogP) is 2.76. The van der Waals surface area contributed by atoms with Crippen LogP contribution in [0.4, 0.5) is 4.79 Å². The lowest BCUT2D eigenvalue weighted by Gasteiger charge is -2.35. The smallest absolute Gasteiger partial charge is 0.320 e. The molecule has 118 valence electrons. The quantitative estimate of drug-likeness (QED) is 0.711. The summed E-state index contributed by atoms with van der Waals surface area (Å²) in [6.07, 6.45) is 3.55. The molecule has 0 saturated heterocycles. The Morgan fingerprint density at radius 1 is 1.30 bits per heavy atom. The topological polar surface area (TPSA) is 60.9 Å². The van der Waals surface area contributed by atoms with Crippen LogP contribution in [0, 0.1) is 0 Å². The van der Waals surface area contributed by atoms with Crippen molar-refractivity contribution in [2.75, 3.05) is 25.6 Å². The van der Waals surface area contributed by atoms with E-state index >= 15 is 0 Å². The van der Waals surface area contributed by atoms with Crippen LogP contribution in [0.1, 0.15) is 40.0 Å². The number of carbonyl (C=O) groups excluding carboxylic acids is 1. The van der Waals surface area contributed by atoms with Crippen molar-refractivity contribution in [3.8, 4) is 0 Å². The molecule has 0 saturated carbocycles. The highest BCUT2D eigenvalue weighted by molar-refractivity contribution is 7.98. The number of carboxylic acids is 1. The number of urea groups is 1. The van der Waals surface area contributed by atoms with Crippen molar-refractivity contribution in [2.45, 2.75) is 52.1 Å². The third kappa shape index (κ3) is 6.50. The maximum atomic E-state index is 12.5. The van der Waals surface area contributed by atoms with Gasteiger partial charge in [0.05, 0.1) is 0 Å². The molecule has 0 aliphatic carbocycles. The van der Waals surface area contributed by atoms with Gasteiger partial charge in [0.1, 0.15) is 0 Å². The first kappa shape index (κ1) is 19.1. The van der Waals surface area contributed by atoms with Crippen molar-refractivity contribution in [1.82, 2.24) is 9.80 Å². The van der Waals surface area contributed by atoms with E-state index in [1.807, 2.05) is 27.2 Å². The molecule has 1 unspecified atom stereocenters. The Balaban J connectivity index is 4.64. The Kier molecular flexibility index (Phi) is 9.46. The first-order chi connectivity index (χ1) is 9.34. The Morgan fingerprint density at radius 2 is 1.90 bits per heavy atom. The Morgan fingerprint density at radius 3 is 2.30 bits per heavy atom. The van der Waals surface area contributed by atoms with Gasteiger partial charge in [-0.25, -0.2) is 4.79 Å². The van der Waals surface area contributed by atoms with Crippen molar-refractivity contribution >= 4 is 23.8 Å². The Hall–Kier alpha value is -0.910. The first-order valence-corrected chi connectivity index (χ1v) is 8.48. The highest BCUT2D eigenvalue weighted by Crippen LogP contribution is 2.13. The van der Waals surface area contributed by atoms with Crippen LogP contribution in [0.15, 0.2) is 0 Å². The monoisotopic (exact) mass is 304 g/mol. The summed E-state index contributed by atoms with van der Waals surface area (Å²) < 4.78 is 0. The molecule has 1 atom stereocenters. The van der Waals surface area contributed by atoms with Crippen LogP contribution in [0.2, 0.25) is 0 Å². The van der Waals surface area contributed by atoms with Gasteiger partial charge in [-0.3, -0.25) is 4.79 Å². The Bertz CT molecular complexity index is 311. The van der Waals surface area contributed by atoms with E-state index in [2.05, 4.69) is 6.92 Å². The van der Waals surface area contributed by atoms with Gasteiger partial charge in [-0.05, 0) is 32.9 Å². The molecule has 0 aliphatic heterocycles. The maximum Gasteiger partial charge on any atom is 0.320 e. The number of hydrogen-bond donors (Lipinski definition) is 1. The van der Waals surface area contributed by atoms with Gasteiger partial charge in [-0.1, -0.05) is 6.92 Å². The van der Waals surface area contributed by atoms with Crippen molar-refractivity contribution in [2.24, 2.45) is 0 Å². The zero-order valence-electron chi connectivity index (χ0n) is 13.3. The SMILES string of the molecule is CCC(CSC)N(C)C(=O)N(CCCC(=O)O)C(C)C. The van der Waals surface area contributed by atoms with Gasteiger partial charge < -0.3 is 14.9 Å². The second kappa shape index (κ2) is 9.91. The fraction of sp³-hybridized carbons (Fsp3) is 0.857. The molecule has 0 aromatic carbocycles. The van der Waals surface area contributed by atoms with Crippen molar-refractivity contribution in [3.63, 3.8) is 0 Å². The molecule has 0 spiro atoms. The lowest BCUT2D eigenvalue weighted by atomic mass is 10.2. The van der Waals surface area contributed by atoms with Crippen LogP contribution in [-0.4, -0.2) is 64.6 Å². The second-order valence-corrected chi connectivity index (χ2v) is 6.11. The van der Waals surface area contributed by atoms with E-state index < -0.39 is 5.97 Å². The molecule has 2 amide bonds. The molecule has 0 heterocycles. The second-order valence-electron chi connectivity index (χ2n) is 5.20. The average molecular weight is 304 g/mol. The minimum atomic E-state index is -0.816. The number of nitrogens with zero attached hydrogens (tertiary/aromatic N) is 2. The summed E-state index contributed by atoms with van der Waals surface area (Å²) in [6.45, 7) is 6.49. The standard InChI is InChI=1S/C14H28N2O3S/c1-6-12(10-20-5)15(4)14(19)16(11(2)3)9-7-8-13(17)18/h11-12H,6-10H2,1-5H3,(H,17,18). The summed E-state index contributed by atoms with van der Waals surface area (Å²) >= 11 is 1.73. The summed E-state index contributed by atoms with van der Waals surface area (Å²) in [5, 5.41) is 8.69. The molecule has 0 aliphatic rings. The third-order valence-corrected chi connectivity index (χ3v) is 4.06. The van der Waals surface area contributed by atoms with E-state index in [0.29, 0.717) is 13.0 Å². The highest BCUT2D eigenvalue weighted by atomic mass is 32.2. The number of amides is 2. The van der Waals surface area contributed by atoms with E-state index in [9.17, 15) is 9.59 Å². The predicted molar refractivity (Wildman–Crippen MR) is 84.3 cm³/mol. The zero-order chi connectivity index (χ0) is 15.7. The normalized spacial score (nSPS) is 12.3. The number of hydrogen-bond acceptors (Lipinski definition) is 3. The fourth-order valence-electron chi connectivity index (χ4n) is 2.03. The van der Waals surface area contributed by atoms with E-state index in [1.165, 1.54) is 0 Å². The van der Waals surface area contributed by atoms with Gasteiger partial charge in [0, 0.05) is 37.8 Å². The lowest BCUT2D eigenvalue weighted by molar-refractivity contribution is -0.137. The Labute approximate surface area is 126 Å². The molecule has 1 N–H and O–H groups in total. The van der Waals surface area contributed by atoms with Crippen molar-refractivity contribution in [3.05, 3.63) is 0 Å². The molecule has 0 fully saturated rings. The summed E-state index contributed by atoms with van der Waals surface area (Å²) in [5.74, 6) is 0.100. The molecule has 5 nitrogen and oxygen atoms in total. The van der Waals surface area contributed by atoms with E-state index in [-0.39, 0.29) is 24.5 Å². The van der Waals surface area contributed by atoms with Gasteiger partial charge in [-0.15, -0.1) is 0 Å². The fourth-order valence-corrected chi connectivity index (χ4v) is 2.87. The van der Waals surface area contributed by atoms with Crippen LogP contribution in [0.25, 0.3) is 0 Å². The third-order valence-electron chi connectivity index (χ3n) is 3.34. The molecule has 0 bridgehead atoms. The zero-order valence-corrected chi connectivity index (χ0v) is 14.1. The first-order valence-electron chi connectivity index (χ1n) is 7.09. The molecule has 20 heavy (non-hydrogen) atoms. The van der Waals surface area contributed by atoms with Crippen molar-refractivity contribution < 1.29 is 14.7 Å². The van der Waals surface area contributed by atoms with Crippen LogP contribution < -0.4 is 0 Å². The molecular formula is C14H28N2O3S. The molecule has 0 rings (SSSR count). The molecule has 0 radical (unpaired) electrons. The van der Waals surface area contributed by atoms with Crippen molar-refractivity contribution in [1.29, 1.82) is 0 Å². The van der Waals surface area contributed by atoms with Crippen LogP contribution in [0.5, 0.6) is 0 Å². The average Bonchev–Trinajstić information content (AvgIpc) is 2.38. The van der Waals surface area contributed by atoms with E-state index in [4.69, 9.17) is 5.11 Å². The summed E-state index contributed by atoms with van der Waals surface area (Å²) in [6, 6.07) is 0.287.